The van der Waals surface area contributed by atoms with Gasteiger partial charge in [-0.3, -0.25) is 4.79 Å². The molecule has 0 aromatic carbocycles. The second kappa shape index (κ2) is 6.21. The van der Waals surface area contributed by atoms with E-state index >= 15 is 0 Å². The van der Waals surface area contributed by atoms with Crippen molar-refractivity contribution < 1.29 is 9.53 Å². The Bertz CT molecular complexity index is 939. The van der Waals surface area contributed by atoms with E-state index in [4.69, 9.17) is 4.74 Å². The number of thiazole rings is 1. The number of aromatic nitrogens is 3. The molecule has 0 radical (unpaired) electrons. The van der Waals surface area contributed by atoms with Gasteiger partial charge in [0.05, 0.1) is 18.4 Å². The minimum absolute atomic E-state index is 0.234. The quantitative estimate of drug-likeness (QED) is 0.732. The van der Waals surface area contributed by atoms with Gasteiger partial charge < -0.3 is 9.72 Å². The van der Waals surface area contributed by atoms with Crippen LogP contribution >= 0.6 is 22.7 Å². The lowest BCUT2D eigenvalue weighted by Gasteiger charge is -1.99. The summed E-state index contributed by atoms with van der Waals surface area (Å²) in [6.07, 6.45) is 0.468. The first-order chi connectivity index (χ1) is 11.0. The Hall–Kier alpha value is -2.06. The molecule has 3 heterocycles. The number of fused-ring (bicyclic) bond motifs is 1. The van der Waals surface area contributed by atoms with Gasteiger partial charge in [0.1, 0.15) is 20.5 Å². The van der Waals surface area contributed by atoms with E-state index in [9.17, 15) is 9.59 Å². The smallest absolute Gasteiger partial charge is 0.348 e. The largest absolute Gasteiger partial charge is 0.462 e. The number of nitrogens with zero attached hydrogens (tertiary/aromatic N) is 2. The molecule has 0 amide bonds. The van der Waals surface area contributed by atoms with Crippen LogP contribution in [0.15, 0.2) is 10.2 Å². The molecule has 6 nitrogen and oxygen atoms in total. The Balaban J connectivity index is 2.04. The molecule has 0 saturated heterocycles. The van der Waals surface area contributed by atoms with Gasteiger partial charge in [0.2, 0.25) is 0 Å². The van der Waals surface area contributed by atoms with Crippen LogP contribution < -0.4 is 5.56 Å². The number of esters is 1. The second-order valence-electron chi connectivity index (χ2n) is 5.03. The van der Waals surface area contributed by atoms with Gasteiger partial charge in [0.15, 0.2) is 0 Å². The van der Waals surface area contributed by atoms with E-state index in [1.807, 2.05) is 12.3 Å². The second-order valence-corrected chi connectivity index (χ2v) is 6.97. The summed E-state index contributed by atoms with van der Waals surface area (Å²) in [5, 5.41) is 3.31. The molecule has 0 fully saturated rings. The predicted molar refractivity (Wildman–Crippen MR) is 90.6 cm³/mol. The molecule has 0 unspecified atom stereocenters. The summed E-state index contributed by atoms with van der Waals surface area (Å²) in [5.74, 6) is 0.137. The average molecular weight is 349 g/mol. The average Bonchev–Trinajstić information content (AvgIpc) is 3.03. The molecule has 23 heavy (non-hydrogen) atoms. The number of rotatable bonds is 4. The van der Waals surface area contributed by atoms with Gasteiger partial charge in [0, 0.05) is 11.1 Å². The third kappa shape index (κ3) is 3.04. The van der Waals surface area contributed by atoms with Crippen LogP contribution in [0, 0.1) is 13.8 Å². The van der Waals surface area contributed by atoms with Crippen LogP contribution in [-0.2, 0) is 11.2 Å². The van der Waals surface area contributed by atoms with Gasteiger partial charge in [0.25, 0.3) is 5.56 Å². The van der Waals surface area contributed by atoms with Crippen molar-refractivity contribution in [1.82, 2.24) is 15.0 Å². The van der Waals surface area contributed by atoms with Crippen molar-refractivity contribution in [2.75, 3.05) is 6.61 Å². The van der Waals surface area contributed by atoms with E-state index in [0.29, 0.717) is 39.5 Å². The van der Waals surface area contributed by atoms with E-state index in [-0.39, 0.29) is 5.56 Å². The number of nitrogens with one attached hydrogen (secondary N) is 1. The first kappa shape index (κ1) is 15.8. The maximum Gasteiger partial charge on any atom is 0.348 e. The van der Waals surface area contributed by atoms with Crippen LogP contribution in [0.1, 0.15) is 38.7 Å². The van der Waals surface area contributed by atoms with Crippen molar-refractivity contribution in [1.29, 1.82) is 0 Å². The fraction of sp³-hybridized carbons (Fsp3) is 0.333. The molecule has 0 bridgehead atoms. The predicted octanol–water partition coefficient (Wildman–Crippen LogP) is 2.83. The van der Waals surface area contributed by atoms with Crippen LogP contribution in [0.3, 0.4) is 0 Å². The fourth-order valence-corrected chi connectivity index (χ4v) is 4.16. The molecule has 0 aliphatic rings. The number of ether oxygens (including phenoxy) is 1. The van der Waals surface area contributed by atoms with Gasteiger partial charge in [-0.05, 0) is 26.3 Å². The van der Waals surface area contributed by atoms with Crippen LogP contribution in [0.4, 0.5) is 0 Å². The monoisotopic (exact) mass is 349 g/mol. The first-order valence-corrected chi connectivity index (χ1v) is 8.79. The lowest BCUT2D eigenvalue weighted by atomic mass is 10.2. The number of hydrogen-bond donors (Lipinski definition) is 1. The Labute approximate surface area is 140 Å². The van der Waals surface area contributed by atoms with Crippen LogP contribution in [-0.4, -0.2) is 27.5 Å². The van der Waals surface area contributed by atoms with Crippen molar-refractivity contribution in [2.45, 2.75) is 27.2 Å². The molecule has 0 spiro atoms. The highest BCUT2D eigenvalue weighted by Crippen LogP contribution is 2.28. The van der Waals surface area contributed by atoms with Crippen molar-refractivity contribution in [3.05, 3.63) is 42.7 Å². The van der Waals surface area contributed by atoms with Crippen LogP contribution in [0.2, 0.25) is 0 Å². The number of aryl methyl sites for hydroxylation is 2. The number of carbonyl (C=O) groups excluding carboxylic acids is 1. The Kier molecular flexibility index (Phi) is 4.27. The SMILES string of the molecule is CCOC(=O)c1sc2nc(Cc3nc(C)cs3)[nH]c(=O)c2c1C. The van der Waals surface area contributed by atoms with Gasteiger partial charge in [-0.1, -0.05) is 0 Å². The molecule has 0 aliphatic carbocycles. The molecule has 3 rings (SSSR count). The number of H-pyrrole nitrogens is 1. The Morgan fingerprint density at radius 2 is 2.13 bits per heavy atom. The maximum atomic E-state index is 12.4. The van der Waals surface area contributed by atoms with Gasteiger partial charge in [-0.15, -0.1) is 22.7 Å². The summed E-state index contributed by atoms with van der Waals surface area (Å²) in [6, 6.07) is 0. The summed E-state index contributed by atoms with van der Waals surface area (Å²) in [7, 11) is 0. The van der Waals surface area contributed by atoms with Crippen molar-refractivity contribution in [3.8, 4) is 0 Å². The van der Waals surface area contributed by atoms with E-state index in [1.165, 1.54) is 22.7 Å². The van der Waals surface area contributed by atoms with Crippen LogP contribution in [0.25, 0.3) is 10.2 Å². The summed E-state index contributed by atoms with van der Waals surface area (Å²) >= 11 is 2.73. The molecule has 120 valence electrons. The van der Waals surface area contributed by atoms with Gasteiger partial charge in [-0.2, -0.15) is 0 Å². The lowest BCUT2D eigenvalue weighted by molar-refractivity contribution is 0.0531. The van der Waals surface area contributed by atoms with Gasteiger partial charge in [-0.25, -0.2) is 14.8 Å². The topological polar surface area (TPSA) is 84.9 Å². The minimum atomic E-state index is -0.413. The lowest BCUT2D eigenvalue weighted by Crippen LogP contribution is -2.12. The van der Waals surface area contributed by atoms with Crippen LogP contribution in [0.5, 0.6) is 0 Å². The minimum Gasteiger partial charge on any atom is -0.462 e. The molecule has 1 N–H and O–H groups in total. The van der Waals surface area contributed by atoms with E-state index in [2.05, 4.69) is 15.0 Å². The summed E-state index contributed by atoms with van der Waals surface area (Å²) < 4.78 is 5.03. The van der Waals surface area contributed by atoms with E-state index in [0.717, 1.165) is 10.7 Å². The van der Waals surface area contributed by atoms with Crippen molar-refractivity contribution in [3.63, 3.8) is 0 Å². The summed E-state index contributed by atoms with van der Waals surface area (Å²) in [6.45, 7) is 5.71. The molecule has 0 saturated carbocycles. The zero-order valence-electron chi connectivity index (χ0n) is 12.9. The molecule has 3 aromatic heterocycles. The molecule has 0 atom stereocenters. The van der Waals surface area contributed by atoms with E-state index < -0.39 is 5.97 Å². The van der Waals surface area contributed by atoms with Gasteiger partial charge >= 0.3 is 5.97 Å². The highest BCUT2D eigenvalue weighted by atomic mass is 32.1. The zero-order chi connectivity index (χ0) is 16.6. The van der Waals surface area contributed by atoms with Crippen molar-refractivity contribution >= 4 is 38.9 Å². The molecule has 8 heteroatoms. The normalized spacial score (nSPS) is 11.1. The maximum absolute atomic E-state index is 12.4. The number of thiophene rings is 1. The number of hydrogen-bond acceptors (Lipinski definition) is 7. The fourth-order valence-electron chi connectivity index (χ4n) is 2.29. The first-order valence-electron chi connectivity index (χ1n) is 7.10. The highest BCUT2D eigenvalue weighted by Gasteiger charge is 2.20. The summed E-state index contributed by atoms with van der Waals surface area (Å²) in [4.78, 5) is 37.0. The Morgan fingerprint density at radius 1 is 1.35 bits per heavy atom. The standard InChI is InChI=1S/C15H15N3O3S2/c1-4-21-15(20)12-8(3)11-13(19)17-9(18-14(11)23-12)5-10-16-7(2)6-22-10/h6H,4-5H2,1-3H3,(H,17,18,19). The summed E-state index contributed by atoms with van der Waals surface area (Å²) in [5.41, 5.74) is 1.33. The molecule has 0 aliphatic heterocycles. The number of carbonyl (C=O) groups is 1. The molecule has 3 aromatic rings. The third-order valence-electron chi connectivity index (χ3n) is 3.30. The Morgan fingerprint density at radius 3 is 2.78 bits per heavy atom. The molecular formula is C15H15N3O3S2. The molecular weight excluding hydrogens is 334 g/mol. The third-order valence-corrected chi connectivity index (χ3v) is 5.43. The highest BCUT2D eigenvalue weighted by molar-refractivity contribution is 7.20. The number of aromatic amines is 1. The van der Waals surface area contributed by atoms with E-state index in [1.54, 1.807) is 13.8 Å². The zero-order valence-corrected chi connectivity index (χ0v) is 14.6. The van der Waals surface area contributed by atoms with Crippen molar-refractivity contribution in [2.24, 2.45) is 0 Å².